The molecule has 0 aliphatic heterocycles. The van der Waals surface area contributed by atoms with Crippen LogP contribution in [0.5, 0.6) is 0 Å². The molecule has 4 heteroatoms. The molecule has 1 aliphatic carbocycles. The fourth-order valence-electron chi connectivity index (χ4n) is 1.24. The number of halogens is 3. The largest absolute Gasteiger partial charge is 0.382 e. The van der Waals surface area contributed by atoms with Crippen LogP contribution in [-0.2, 0) is 0 Å². The lowest BCUT2D eigenvalue weighted by Crippen LogP contribution is -2.06. The normalized spacial score (nSPS) is 15.6. The van der Waals surface area contributed by atoms with Gasteiger partial charge in [0.2, 0.25) is 0 Å². The summed E-state index contributed by atoms with van der Waals surface area (Å²) in [6.07, 6.45) is 2.25. The van der Waals surface area contributed by atoms with Crippen molar-refractivity contribution < 1.29 is 13.2 Å². The van der Waals surface area contributed by atoms with Crippen LogP contribution in [0.15, 0.2) is 12.1 Å². The molecule has 0 amide bonds. The zero-order chi connectivity index (χ0) is 10.1. The second kappa shape index (κ2) is 3.52. The molecule has 1 saturated carbocycles. The van der Waals surface area contributed by atoms with Crippen molar-refractivity contribution in [1.29, 1.82) is 0 Å². The molecule has 2 rings (SSSR count). The highest BCUT2D eigenvalue weighted by molar-refractivity contribution is 5.45. The number of benzene rings is 1. The van der Waals surface area contributed by atoms with Gasteiger partial charge in [-0.3, -0.25) is 0 Å². The van der Waals surface area contributed by atoms with E-state index >= 15 is 0 Å². The van der Waals surface area contributed by atoms with Gasteiger partial charge in [-0.05, 0) is 30.9 Å². The Kier molecular flexibility index (Phi) is 2.35. The summed E-state index contributed by atoms with van der Waals surface area (Å²) in [5.74, 6) is -3.14. The van der Waals surface area contributed by atoms with Crippen molar-refractivity contribution in [2.75, 3.05) is 11.9 Å². The smallest absolute Gasteiger partial charge is 0.196 e. The summed E-state index contributed by atoms with van der Waals surface area (Å²) in [6, 6.07) is 2.14. The summed E-state index contributed by atoms with van der Waals surface area (Å²) < 4.78 is 38.3. The van der Waals surface area contributed by atoms with E-state index in [1.807, 2.05) is 0 Å². The zero-order valence-electron chi connectivity index (χ0n) is 7.49. The lowest BCUT2D eigenvalue weighted by Gasteiger charge is -2.06. The second-order valence-corrected chi connectivity index (χ2v) is 3.55. The monoisotopic (exact) mass is 201 g/mol. The van der Waals surface area contributed by atoms with Crippen molar-refractivity contribution in [2.45, 2.75) is 12.8 Å². The topological polar surface area (TPSA) is 12.0 Å². The third-order valence-electron chi connectivity index (χ3n) is 2.31. The Labute approximate surface area is 79.9 Å². The highest BCUT2D eigenvalue weighted by Gasteiger charge is 2.21. The van der Waals surface area contributed by atoms with Gasteiger partial charge in [0.05, 0.1) is 5.69 Å². The SMILES string of the molecule is Fc1ccc(NCC2CC2)c(F)c1F. The Morgan fingerprint density at radius 2 is 1.86 bits per heavy atom. The molecule has 1 fully saturated rings. The van der Waals surface area contributed by atoms with E-state index in [1.54, 1.807) is 0 Å². The Bertz CT molecular complexity index is 347. The van der Waals surface area contributed by atoms with Crippen LogP contribution in [0.1, 0.15) is 12.8 Å². The number of hydrogen-bond acceptors (Lipinski definition) is 1. The molecule has 0 saturated heterocycles. The maximum absolute atomic E-state index is 13.1. The maximum atomic E-state index is 13.1. The van der Waals surface area contributed by atoms with E-state index in [4.69, 9.17) is 0 Å². The minimum Gasteiger partial charge on any atom is -0.382 e. The van der Waals surface area contributed by atoms with Crippen LogP contribution in [0.3, 0.4) is 0 Å². The number of rotatable bonds is 3. The maximum Gasteiger partial charge on any atom is 0.196 e. The fourth-order valence-corrected chi connectivity index (χ4v) is 1.24. The molecule has 76 valence electrons. The van der Waals surface area contributed by atoms with Crippen molar-refractivity contribution in [3.05, 3.63) is 29.6 Å². The number of hydrogen-bond donors (Lipinski definition) is 1. The third-order valence-corrected chi connectivity index (χ3v) is 2.31. The van der Waals surface area contributed by atoms with Gasteiger partial charge in [0, 0.05) is 6.54 Å². The van der Waals surface area contributed by atoms with Gasteiger partial charge in [-0.2, -0.15) is 0 Å². The highest BCUT2D eigenvalue weighted by atomic mass is 19.2. The quantitative estimate of drug-likeness (QED) is 0.741. The standard InChI is InChI=1S/C10H10F3N/c11-7-3-4-8(10(13)9(7)12)14-5-6-1-2-6/h3-4,6,14H,1-2,5H2. The molecular formula is C10H10F3N. The van der Waals surface area contributed by atoms with Gasteiger partial charge in [-0.1, -0.05) is 0 Å². The number of nitrogens with one attached hydrogen (secondary N) is 1. The Morgan fingerprint density at radius 3 is 2.50 bits per heavy atom. The minimum absolute atomic E-state index is 0.0378. The first-order valence-electron chi connectivity index (χ1n) is 4.56. The molecule has 1 N–H and O–H groups in total. The predicted molar refractivity (Wildman–Crippen MR) is 47.5 cm³/mol. The molecule has 0 bridgehead atoms. The molecule has 0 aromatic heterocycles. The van der Waals surface area contributed by atoms with Crippen LogP contribution < -0.4 is 5.32 Å². The molecule has 14 heavy (non-hydrogen) atoms. The first kappa shape index (κ1) is 9.37. The van der Waals surface area contributed by atoms with E-state index in [-0.39, 0.29) is 5.69 Å². The van der Waals surface area contributed by atoms with E-state index in [9.17, 15) is 13.2 Å². The summed E-state index contributed by atoms with van der Waals surface area (Å²) in [5, 5.41) is 2.76. The van der Waals surface area contributed by atoms with Crippen LogP contribution in [0.25, 0.3) is 0 Å². The van der Waals surface area contributed by atoms with Crippen LogP contribution in [0, 0.1) is 23.4 Å². The van der Waals surface area contributed by atoms with Crippen molar-refractivity contribution in [2.24, 2.45) is 5.92 Å². The average molecular weight is 201 g/mol. The molecule has 0 radical (unpaired) electrons. The zero-order valence-corrected chi connectivity index (χ0v) is 7.49. The summed E-state index contributed by atoms with van der Waals surface area (Å²) in [7, 11) is 0. The predicted octanol–water partition coefficient (Wildman–Crippen LogP) is 2.93. The van der Waals surface area contributed by atoms with Gasteiger partial charge in [-0.25, -0.2) is 13.2 Å². The average Bonchev–Trinajstić information content (AvgIpc) is 2.97. The van der Waals surface area contributed by atoms with Crippen LogP contribution in [0.4, 0.5) is 18.9 Å². The minimum atomic E-state index is -1.41. The van der Waals surface area contributed by atoms with Gasteiger partial charge in [-0.15, -0.1) is 0 Å². The molecular weight excluding hydrogens is 191 g/mol. The molecule has 0 spiro atoms. The van der Waals surface area contributed by atoms with Crippen LogP contribution >= 0.6 is 0 Å². The van der Waals surface area contributed by atoms with Gasteiger partial charge in [0.15, 0.2) is 17.5 Å². The third kappa shape index (κ3) is 1.84. The van der Waals surface area contributed by atoms with Crippen LogP contribution in [-0.4, -0.2) is 6.54 Å². The molecule has 1 aromatic carbocycles. The van der Waals surface area contributed by atoms with E-state index < -0.39 is 17.5 Å². The highest BCUT2D eigenvalue weighted by Crippen LogP contribution is 2.29. The summed E-state index contributed by atoms with van der Waals surface area (Å²) >= 11 is 0. The van der Waals surface area contributed by atoms with E-state index in [1.165, 1.54) is 6.07 Å². The molecule has 0 atom stereocenters. The molecule has 1 nitrogen and oxygen atoms in total. The van der Waals surface area contributed by atoms with Gasteiger partial charge < -0.3 is 5.32 Å². The fraction of sp³-hybridized carbons (Fsp3) is 0.400. The molecule has 0 heterocycles. The van der Waals surface area contributed by atoms with E-state index in [2.05, 4.69) is 5.32 Å². The van der Waals surface area contributed by atoms with Gasteiger partial charge in [0.25, 0.3) is 0 Å². The van der Waals surface area contributed by atoms with Crippen molar-refractivity contribution in [3.8, 4) is 0 Å². The van der Waals surface area contributed by atoms with E-state index in [0.717, 1.165) is 18.9 Å². The van der Waals surface area contributed by atoms with E-state index in [0.29, 0.717) is 12.5 Å². The Hall–Kier alpha value is -1.19. The lowest BCUT2D eigenvalue weighted by atomic mass is 10.2. The van der Waals surface area contributed by atoms with Crippen molar-refractivity contribution in [1.82, 2.24) is 0 Å². The summed E-state index contributed by atoms with van der Waals surface area (Å²) in [4.78, 5) is 0. The summed E-state index contributed by atoms with van der Waals surface area (Å²) in [5.41, 5.74) is 0.0378. The Morgan fingerprint density at radius 1 is 1.14 bits per heavy atom. The molecule has 1 aromatic rings. The first-order chi connectivity index (χ1) is 6.68. The van der Waals surface area contributed by atoms with Gasteiger partial charge >= 0.3 is 0 Å². The van der Waals surface area contributed by atoms with Crippen molar-refractivity contribution >= 4 is 5.69 Å². The Balaban J connectivity index is 2.11. The van der Waals surface area contributed by atoms with Crippen LogP contribution in [0.2, 0.25) is 0 Å². The lowest BCUT2D eigenvalue weighted by molar-refractivity contribution is 0.449. The number of anilines is 1. The second-order valence-electron chi connectivity index (χ2n) is 3.55. The van der Waals surface area contributed by atoms with Gasteiger partial charge in [0.1, 0.15) is 0 Å². The molecule has 1 aliphatic rings. The summed E-state index contributed by atoms with van der Waals surface area (Å²) in [6.45, 7) is 0.627. The first-order valence-corrected chi connectivity index (χ1v) is 4.56. The van der Waals surface area contributed by atoms with Crippen molar-refractivity contribution in [3.63, 3.8) is 0 Å². The molecule has 0 unspecified atom stereocenters.